The van der Waals surface area contributed by atoms with E-state index in [4.69, 9.17) is 0 Å². The highest BCUT2D eigenvalue weighted by molar-refractivity contribution is 8.01. The molecular formula is C17H16O3S. The van der Waals surface area contributed by atoms with Crippen LogP contribution in [0.15, 0.2) is 41.3 Å². The summed E-state index contributed by atoms with van der Waals surface area (Å²) in [7, 11) is -3.68. The van der Waals surface area contributed by atoms with Crippen molar-refractivity contribution in [2.75, 3.05) is 0 Å². The van der Waals surface area contributed by atoms with Crippen LogP contribution >= 0.6 is 0 Å². The van der Waals surface area contributed by atoms with Crippen molar-refractivity contribution < 1.29 is 13.5 Å². The summed E-state index contributed by atoms with van der Waals surface area (Å²) in [5, 5.41) is 10.4. The summed E-state index contributed by atoms with van der Waals surface area (Å²) >= 11 is 0. The number of sulfone groups is 1. The zero-order chi connectivity index (χ0) is 15.4. The van der Waals surface area contributed by atoms with Gasteiger partial charge in [-0.3, -0.25) is 0 Å². The zero-order valence-corrected chi connectivity index (χ0v) is 13.0. The molecular weight excluding hydrogens is 284 g/mol. The second-order valence-electron chi connectivity index (χ2n) is 5.45. The number of benzene rings is 2. The Balaban J connectivity index is 2.38. The average Bonchev–Trinajstić information content (AvgIpc) is 2.59. The van der Waals surface area contributed by atoms with Crippen molar-refractivity contribution in [1.29, 1.82) is 0 Å². The second-order valence-corrected chi connectivity index (χ2v) is 7.31. The number of hydrogen-bond donors (Lipinski definition) is 1. The fourth-order valence-electron chi connectivity index (χ4n) is 3.05. The Morgan fingerprint density at radius 2 is 1.52 bits per heavy atom. The summed E-state index contributed by atoms with van der Waals surface area (Å²) in [6.45, 7) is 5.71. The molecule has 1 heterocycles. The molecule has 21 heavy (non-hydrogen) atoms. The van der Waals surface area contributed by atoms with Crippen molar-refractivity contribution in [3.05, 3.63) is 64.2 Å². The minimum Gasteiger partial charge on any atom is -0.506 e. The van der Waals surface area contributed by atoms with E-state index < -0.39 is 9.84 Å². The maximum atomic E-state index is 12.8. The highest BCUT2D eigenvalue weighted by atomic mass is 32.2. The van der Waals surface area contributed by atoms with Crippen LogP contribution in [-0.4, -0.2) is 13.5 Å². The predicted molar refractivity (Wildman–Crippen MR) is 83.7 cm³/mol. The van der Waals surface area contributed by atoms with Crippen LogP contribution in [0.1, 0.15) is 27.8 Å². The maximum absolute atomic E-state index is 12.8. The Kier molecular flexibility index (Phi) is 2.95. The highest BCUT2D eigenvalue weighted by Gasteiger charge is 2.37. The Labute approximate surface area is 124 Å². The number of aryl methyl sites for hydroxylation is 3. The van der Waals surface area contributed by atoms with Gasteiger partial charge in [-0.2, -0.15) is 0 Å². The predicted octanol–water partition coefficient (Wildman–Crippen LogP) is 3.78. The van der Waals surface area contributed by atoms with Crippen LogP contribution in [-0.2, 0) is 9.84 Å². The first-order chi connectivity index (χ1) is 9.84. The third-order valence-electron chi connectivity index (χ3n) is 3.82. The molecule has 2 aromatic carbocycles. The lowest BCUT2D eigenvalue weighted by atomic mass is 9.98. The van der Waals surface area contributed by atoms with Crippen molar-refractivity contribution in [3.8, 4) is 0 Å². The van der Waals surface area contributed by atoms with E-state index >= 15 is 0 Å². The summed E-state index contributed by atoms with van der Waals surface area (Å²) in [4.78, 5) is 0.204. The van der Waals surface area contributed by atoms with Gasteiger partial charge in [0.1, 0.15) is 10.7 Å². The smallest absolute Gasteiger partial charge is 0.211 e. The van der Waals surface area contributed by atoms with Crippen LogP contribution in [0.2, 0.25) is 0 Å². The number of aliphatic hydroxyl groups is 1. The van der Waals surface area contributed by atoms with Crippen LogP contribution < -0.4 is 0 Å². The molecule has 0 saturated carbocycles. The van der Waals surface area contributed by atoms with Gasteiger partial charge in [0.2, 0.25) is 9.84 Å². The van der Waals surface area contributed by atoms with E-state index in [1.807, 2.05) is 32.9 Å². The van der Waals surface area contributed by atoms with Crippen molar-refractivity contribution in [1.82, 2.24) is 0 Å². The molecule has 1 aliphatic rings. The molecule has 108 valence electrons. The van der Waals surface area contributed by atoms with Gasteiger partial charge in [-0.1, -0.05) is 29.8 Å². The Morgan fingerprint density at radius 3 is 2.10 bits per heavy atom. The lowest BCUT2D eigenvalue weighted by Gasteiger charge is -2.12. The fourth-order valence-corrected chi connectivity index (χ4v) is 4.93. The summed E-state index contributed by atoms with van der Waals surface area (Å²) < 4.78 is 25.5. The van der Waals surface area contributed by atoms with E-state index in [1.165, 1.54) is 6.07 Å². The molecule has 0 unspecified atom stereocenters. The highest BCUT2D eigenvalue weighted by Crippen LogP contribution is 2.44. The largest absolute Gasteiger partial charge is 0.506 e. The Bertz CT molecular complexity index is 867. The van der Waals surface area contributed by atoms with Crippen LogP contribution in [0, 0.1) is 20.8 Å². The molecule has 0 amide bonds. The molecule has 0 fully saturated rings. The SMILES string of the molecule is Cc1cc(C)c(C2=C(O)c3ccccc3S2(=O)=O)c(C)c1. The molecule has 1 N–H and O–H groups in total. The van der Waals surface area contributed by atoms with Crippen molar-refractivity contribution in [2.45, 2.75) is 25.7 Å². The van der Waals surface area contributed by atoms with Crippen molar-refractivity contribution in [3.63, 3.8) is 0 Å². The fraction of sp³-hybridized carbons (Fsp3) is 0.176. The van der Waals surface area contributed by atoms with E-state index in [1.54, 1.807) is 18.2 Å². The summed E-state index contributed by atoms with van der Waals surface area (Å²) in [5.41, 5.74) is 3.76. The van der Waals surface area contributed by atoms with Crippen LogP contribution in [0.25, 0.3) is 10.7 Å². The van der Waals surface area contributed by atoms with Gasteiger partial charge in [-0.05, 0) is 44.0 Å². The van der Waals surface area contributed by atoms with E-state index in [-0.39, 0.29) is 15.6 Å². The Morgan fingerprint density at radius 1 is 0.952 bits per heavy atom. The third kappa shape index (κ3) is 1.90. The van der Waals surface area contributed by atoms with Gasteiger partial charge < -0.3 is 5.11 Å². The molecule has 0 radical (unpaired) electrons. The van der Waals surface area contributed by atoms with Gasteiger partial charge in [0.15, 0.2) is 0 Å². The lowest BCUT2D eigenvalue weighted by Crippen LogP contribution is -2.04. The molecule has 1 aliphatic heterocycles. The number of fused-ring (bicyclic) bond motifs is 1. The van der Waals surface area contributed by atoms with E-state index in [2.05, 4.69) is 0 Å². The first kappa shape index (κ1) is 13.9. The van der Waals surface area contributed by atoms with Crippen molar-refractivity contribution >= 4 is 20.5 Å². The van der Waals surface area contributed by atoms with Gasteiger partial charge in [0.25, 0.3) is 0 Å². The zero-order valence-electron chi connectivity index (χ0n) is 12.1. The number of aliphatic hydroxyl groups excluding tert-OH is 1. The minimum absolute atomic E-state index is 0.0266. The monoisotopic (exact) mass is 300 g/mol. The van der Waals surface area contributed by atoms with E-state index in [0.29, 0.717) is 11.1 Å². The van der Waals surface area contributed by atoms with Gasteiger partial charge >= 0.3 is 0 Å². The molecule has 3 rings (SSSR count). The average molecular weight is 300 g/mol. The molecule has 0 bridgehead atoms. The first-order valence-corrected chi connectivity index (χ1v) is 8.18. The standard InChI is InChI=1S/C17H16O3S/c1-10-8-11(2)15(12(3)9-10)17-16(18)13-6-4-5-7-14(13)21(17,19)20/h4-9,18H,1-3H3. The molecule has 0 aliphatic carbocycles. The van der Waals surface area contributed by atoms with E-state index in [0.717, 1.165) is 16.7 Å². The minimum atomic E-state index is -3.68. The summed E-state index contributed by atoms with van der Waals surface area (Å²) in [5.74, 6) is -0.152. The lowest BCUT2D eigenvalue weighted by molar-refractivity contribution is 0.514. The summed E-state index contributed by atoms with van der Waals surface area (Å²) in [6, 6.07) is 10.4. The first-order valence-electron chi connectivity index (χ1n) is 6.70. The Hall–Kier alpha value is -2.07. The molecule has 4 heteroatoms. The van der Waals surface area contributed by atoms with Crippen molar-refractivity contribution in [2.24, 2.45) is 0 Å². The quantitative estimate of drug-likeness (QED) is 0.872. The molecule has 0 aromatic heterocycles. The third-order valence-corrected chi connectivity index (χ3v) is 5.69. The van der Waals surface area contributed by atoms with E-state index in [9.17, 15) is 13.5 Å². The van der Waals surface area contributed by atoms with Gasteiger partial charge in [0.05, 0.1) is 4.90 Å². The van der Waals surface area contributed by atoms with Gasteiger partial charge in [-0.15, -0.1) is 0 Å². The molecule has 0 spiro atoms. The number of hydrogen-bond acceptors (Lipinski definition) is 3. The molecule has 3 nitrogen and oxygen atoms in total. The maximum Gasteiger partial charge on any atom is 0.211 e. The molecule has 0 saturated heterocycles. The van der Waals surface area contributed by atoms with Gasteiger partial charge in [-0.25, -0.2) is 8.42 Å². The molecule has 0 atom stereocenters. The van der Waals surface area contributed by atoms with Crippen LogP contribution in [0.3, 0.4) is 0 Å². The molecule has 2 aromatic rings. The van der Waals surface area contributed by atoms with Gasteiger partial charge in [0, 0.05) is 11.1 Å². The number of rotatable bonds is 1. The summed E-state index contributed by atoms with van der Waals surface area (Å²) in [6.07, 6.45) is 0. The normalized spacial score (nSPS) is 16.1. The topological polar surface area (TPSA) is 54.4 Å². The second kappa shape index (κ2) is 4.46. The van der Waals surface area contributed by atoms with Crippen LogP contribution in [0.4, 0.5) is 0 Å². The van der Waals surface area contributed by atoms with Crippen LogP contribution in [0.5, 0.6) is 0 Å².